The number of methoxy groups -OCH3 is 1. The number of carbonyl (C=O) groups excluding carboxylic acids is 1. The average Bonchev–Trinajstić information content (AvgIpc) is 2.52. The molecule has 10 heteroatoms. The molecule has 0 aromatic heterocycles. The Morgan fingerprint density at radius 2 is 2.04 bits per heavy atom. The Bertz CT molecular complexity index is 662. The van der Waals surface area contributed by atoms with Gasteiger partial charge in [-0.3, -0.25) is 20.2 Å². The minimum Gasteiger partial charge on any atom is -0.465 e. The molecular weight excluding hydrogens is 308 g/mol. The molecule has 0 unspecified atom stereocenters. The van der Waals surface area contributed by atoms with Gasteiger partial charge in [0.05, 0.1) is 28.6 Å². The van der Waals surface area contributed by atoms with E-state index in [0.29, 0.717) is 19.6 Å². The van der Waals surface area contributed by atoms with Crippen molar-refractivity contribution in [3.8, 4) is 0 Å². The lowest BCUT2D eigenvalue weighted by Gasteiger charge is -2.34. The van der Waals surface area contributed by atoms with Gasteiger partial charge in [-0.15, -0.1) is 0 Å². The highest BCUT2D eigenvalue weighted by molar-refractivity contribution is 5.99. The molecule has 0 saturated carbocycles. The average molecular weight is 324 g/mol. The molecule has 1 N–H and O–H groups in total. The quantitative estimate of drug-likeness (QED) is 0.495. The number of hydrogen-bond acceptors (Lipinski definition) is 8. The Morgan fingerprint density at radius 3 is 2.57 bits per heavy atom. The molecular formula is C13H16N4O6. The van der Waals surface area contributed by atoms with Crippen LogP contribution in [0.4, 0.5) is 17.1 Å². The summed E-state index contributed by atoms with van der Waals surface area (Å²) < 4.78 is 4.64. The number of carbonyl (C=O) groups is 1. The molecule has 1 heterocycles. The number of anilines is 1. The third kappa shape index (κ3) is 3.37. The third-order valence-corrected chi connectivity index (χ3v) is 3.57. The first kappa shape index (κ1) is 16.6. The predicted octanol–water partition coefficient (Wildman–Crippen LogP) is 1.09. The molecule has 1 aromatic rings. The van der Waals surface area contributed by atoms with Gasteiger partial charge in [0.15, 0.2) is 0 Å². The summed E-state index contributed by atoms with van der Waals surface area (Å²) in [5, 5.41) is 25.5. The summed E-state index contributed by atoms with van der Waals surface area (Å²) in [4.78, 5) is 34.5. The van der Waals surface area contributed by atoms with E-state index in [1.165, 1.54) is 0 Å². The van der Waals surface area contributed by atoms with Gasteiger partial charge in [0, 0.05) is 31.7 Å². The maximum atomic E-state index is 12.0. The summed E-state index contributed by atoms with van der Waals surface area (Å²) in [6, 6.07) is 1.94. The highest BCUT2D eigenvalue weighted by Gasteiger charge is 2.32. The van der Waals surface area contributed by atoms with E-state index < -0.39 is 27.2 Å². The Kier molecular flexibility index (Phi) is 4.74. The second kappa shape index (κ2) is 6.57. The van der Waals surface area contributed by atoms with Crippen molar-refractivity contribution in [3.63, 3.8) is 0 Å². The van der Waals surface area contributed by atoms with Gasteiger partial charge in [-0.25, -0.2) is 4.79 Å². The number of rotatable bonds is 4. The van der Waals surface area contributed by atoms with Crippen LogP contribution in [0.15, 0.2) is 12.1 Å². The van der Waals surface area contributed by atoms with Crippen LogP contribution in [0.25, 0.3) is 0 Å². The van der Waals surface area contributed by atoms with Crippen LogP contribution < -0.4 is 10.2 Å². The minimum atomic E-state index is -0.849. The molecule has 1 saturated heterocycles. The van der Waals surface area contributed by atoms with Gasteiger partial charge in [0.2, 0.25) is 0 Å². The van der Waals surface area contributed by atoms with E-state index in [1.807, 2.05) is 6.92 Å². The van der Waals surface area contributed by atoms with Gasteiger partial charge in [-0.05, 0) is 6.92 Å². The molecule has 1 aliphatic heterocycles. The Hall–Kier alpha value is -2.75. The van der Waals surface area contributed by atoms with Crippen molar-refractivity contribution >= 4 is 23.0 Å². The first-order valence-electron chi connectivity index (χ1n) is 6.88. The first-order valence-corrected chi connectivity index (χ1v) is 6.88. The van der Waals surface area contributed by atoms with Crippen molar-refractivity contribution in [2.24, 2.45) is 0 Å². The lowest BCUT2D eigenvalue weighted by molar-refractivity contribution is -0.393. The Morgan fingerprint density at radius 1 is 1.35 bits per heavy atom. The third-order valence-electron chi connectivity index (χ3n) is 3.57. The van der Waals surface area contributed by atoms with Gasteiger partial charge in [0.25, 0.3) is 11.4 Å². The molecule has 10 nitrogen and oxygen atoms in total. The molecule has 2 rings (SSSR count). The molecule has 1 aromatic carbocycles. The van der Waals surface area contributed by atoms with Crippen LogP contribution in [0.3, 0.4) is 0 Å². The Balaban J connectivity index is 2.67. The van der Waals surface area contributed by atoms with Gasteiger partial charge in [-0.1, -0.05) is 0 Å². The molecule has 124 valence electrons. The predicted molar refractivity (Wildman–Crippen MR) is 80.8 cm³/mol. The smallest absolute Gasteiger partial charge is 0.340 e. The summed E-state index contributed by atoms with van der Waals surface area (Å²) >= 11 is 0. The maximum absolute atomic E-state index is 12.0. The van der Waals surface area contributed by atoms with E-state index >= 15 is 0 Å². The fraction of sp³-hybridized carbons (Fsp3) is 0.462. The molecule has 0 bridgehead atoms. The lowest BCUT2D eigenvalue weighted by atomic mass is 10.1. The number of ether oxygens (including phenoxy) is 1. The zero-order valence-electron chi connectivity index (χ0n) is 12.6. The summed E-state index contributed by atoms with van der Waals surface area (Å²) in [7, 11) is 1.12. The fourth-order valence-corrected chi connectivity index (χ4v) is 2.58. The van der Waals surface area contributed by atoms with Crippen LogP contribution in [0.2, 0.25) is 0 Å². The molecule has 1 fully saturated rings. The highest BCUT2D eigenvalue weighted by atomic mass is 16.6. The van der Waals surface area contributed by atoms with Gasteiger partial charge >= 0.3 is 5.97 Å². The van der Waals surface area contributed by atoms with E-state index in [0.717, 1.165) is 19.2 Å². The monoisotopic (exact) mass is 324 g/mol. The second-order valence-corrected chi connectivity index (χ2v) is 5.17. The number of piperazine rings is 1. The van der Waals surface area contributed by atoms with Crippen molar-refractivity contribution in [3.05, 3.63) is 37.9 Å². The number of nitro groups is 2. The van der Waals surface area contributed by atoms with Crippen molar-refractivity contribution in [2.75, 3.05) is 31.6 Å². The Labute approximate surface area is 131 Å². The SMILES string of the molecule is COC(=O)c1cc([N+](=O)[O-])cc([N+](=O)[O-])c1N1CCN[C@@H](C)C1. The molecule has 0 aliphatic carbocycles. The zero-order chi connectivity index (χ0) is 17.1. The van der Waals surface area contributed by atoms with Crippen LogP contribution in [0.5, 0.6) is 0 Å². The minimum absolute atomic E-state index is 0.0563. The molecule has 0 amide bonds. The van der Waals surface area contributed by atoms with Gasteiger partial charge in [-0.2, -0.15) is 0 Å². The summed E-state index contributed by atoms with van der Waals surface area (Å²) in [5.74, 6) is -0.849. The number of esters is 1. The number of hydrogen-bond donors (Lipinski definition) is 1. The van der Waals surface area contributed by atoms with E-state index in [2.05, 4.69) is 10.1 Å². The van der Waals surface area contributed by atoms with E-state index in [4.69, 9.17) is 0 Å². The number of nitrogens with one attached hydrogen (secondary N) is 1. The summed E-state index contributed by atoms with van der Waals surface area (Å²) in [6.07, 6.45) is 0. The maximum Gasteiger partial charge on any atom is 0.340 e. The number of non-ortho nitro benzene ring substituents is 1. The van der Waals surface area contributed by atoms with E-state index in [9.17, 15) is 25.0 Å². The summed E-state index contributed by atoms with van der Waals surface area (Å²) in [5.41, 5.74) is -1.12. The molecule has 1 aliphatic rings. The van der Waals surface area contributed by atoms with Crippen molar-refractivity contribution in [1.82, 2.24) is 5.32 Å². The molecule has 23 heavy (non-hydrogen) atoms. The summed E-state index contributed by atoms with van der Waals surface area (Å²) in [6.45, 7) is 3.35. The van der Waals surface area contributed by atoms with Crippen LogP contribution in [-0.4, -0.2) is 48.6 Å². The largest absolute Gasteiger partial charge is 0.465 e. The molecule has 1 atom stereocenters. The van der Waals surface area contributed by atoms with Gasteiger partial charge < -0.3 is 15.0 Å². The van der Waals surface area contributed by atoms with Crippen LogP contribution in [0, 0.1) is 20.2 Å². The van der Waals surface area contributed by atoms with E-state index in [1.54, 1.807) is 4.90 Å². The normalized spacial score (nSPS) is 17.7. The lowest BCUT2D eigenvalue weighted by Crippen LogP contribution is -2.49. The second-order valence-electron chi connectivity index (χ2n) is 5.17. The van der Waals surface area contributed by atoms with Crippen LogP contribution in [-0.2, 0) is 4.74 Å². The first-order chi connectivity index (χ1) is 10.8. The fourth-order valence-electron chi connectivity index (χ4n) is 2.58. The van der Waals surface area contributed by atoms with Gasteiger partial charge in [0.1, 0.15) is 5.69 Å². The zero-order valence-corrected chi connectivity index (χ0v) is 12.6. The van der Waals surface area contributed by atoms with Crippen LogP contribution >= 0.6 is 0 Å². The highest BCUT2D eigenvalue weighted by Crippen LogP contribution is 2.37. The number of benzene rings is 1. The molecule has 0 radical (unpaired) electrons. The standard InChI is InChI=1S/C13H16N4O6/c1-8-7-15(4-3-14-8)12-10(13(18)23-2)5-9(16(19)20)6-11(12)17(21)22/h5-6,8,14H,3-4,7H2,1-2H3/t8-/m0/s1. The number of nitro benzene ring substituents is 2. The number of nitrogens with zero attached hydrogens (tertiary/aromatic N) is 3. The topological polar surface area (TPSA) is 128 Å². The molecule has 0 spiro atoms. The van der Waals surface area contributed by atoms with Crippen molar-refractivity contribution < 1.29 is 19.4 Å². The van der Waals surface area contributed by atoms with Crippen molar-refractivity contribution in [1.29, 1.82) is 0 Å². The van der Waals surface area contributed by atoms with E-state index in [-0.39, 0.29) is 17.3 Å². The van der Waals surface area contributed by atoms with Crippen molar-refractivity contribution in [2.45, 2.75) is 13.0 Å². The van der Waals surface area contributed by atoms with Crippen LogP contribution in [0.1, 0.15) is 17.3 Å².